The summed E-state index contributed by atoms with van der Waals surface area (Å²) in [6, 6.07) is 3.84. The largest absolute Gasteiger partial charge is 0.382 e. The number of methoxy groups -OCH3 is 1. The Morgan fingerprint density at radius 2 is 2.10 bits per heavy atom. The normalized spacial score (nSPS) is 21.4. The molecule has 1 amide bonds. The van der Waals surface area contributed by atoms with E-state index in [4.69, 9.17) is 20.9 Å². The molecule has 0 radical (unpaired) electrons. The Morgan fingerprint density at radius 3 is 2.77 bits per heavy atom. The van der Waals surface area contributed by atoms with Gasteiger partial charge < -0.3 is 20.7 Å². The van der Waals surface area contributed by atoms with Crippen LogP contribution in [0.15, 0.2) is 23.3 Å². The second kappa shape index (κ2) is 8.76. The summed E-state index contributed by atoms with van der Waals surface area (Å²) in [6.07, 6.45) is 6.62. The van der Waals surface area contributed by atoms with Crippen LogP contribution in [0.4, 0.5) is 11.6 Å². The first-order valence-corrected chi connectivity index (χ1v) is 10.3. The average molecular weight is 422 g/mol. The molecule has 162 valence electrons. The zero-order valence-corrected chi connectivity index (χ0v) is 17.6. The van der Waals surface area contributed by atoms with Crippen molar-refractivity contribution >= 4 is 29.7 Å². The first-order valence-electron chi connectivity index (χ1n) is 10.3. The number of aromatic nitrogens is 3. The molecule has 0 bridgehead atoms. The number of amidine groups is 1. The smallest absolute Gasteiger partial charge is 0.245 e. The third-order valence-corrected chi connectivity index (χ3v) is 5.84. The van der Waals surface area contributed by atoms with Crippen LogP contribution in [0.3, 0.4) is 0 Å². The van der Waals surface area contributed by atoms with Crippen LogP contribution in [-0.2, 0) is 9.53 Å². The Balaban J connectivity index is 1.66. The Bertz CT molecular complexity index is 1030. The average Bonchev–Trinajstić information content (AvgIpc) is 2.78. The van der Waals surface area contributed by atoms with E-state index in [-0.39, 0.29) is 30.4 Å². The zero-order chi connectivity index (χ0) is 22.0. The van der Waals surface area contributed by atoms with Gasteiger partial charge in [0.05, 0.1) is 24.5 Å². The van der Waals surface area contributed by atoms with Gasteiger partial charge in [-0.15, -0.1) is 0 Å². The van der Waals surface area contributed by atoms with E-state index >= 15 is 0 Å². The van der Waals surface area contributed by atoms with Crippen molar-refractivity contribution in [3.8, 4) is 11.3 Å². The Labute approximate surface area is 180 Å². The molecule has 1 aliphatic carbocycles. The third kappa shape index (κ3) is 4.24. The molecular formula is C21H26N8O2. The lowest BCUT2D eigenvalue weighted by molar-refractivity contribution is -0.115. The fraction of sp³-hybridized carbons (Fsp3) is 0.429. The van der Waals surface area contributed by atoms with Gasteiger partial charge in [0, 0.05) is 24.4 Å². The minimum absolute atomic E-state index is 0.0772. The predicted octanol–water partition coefficient (Wildman–Crippen LogP) is 1.88. The summed E-state index contributed by atoms with van der Waals surface area (Å²) in [7, 11) is 1.75. The molecule has 0 atom stereocenters. The number of hydrogen-bond donors (Lipinski definition) is 3. The standard InChI is InChI=1S/C21H26N8O2/c1-12-15(7-8-16(26-12)19(23)25-11-22)17-9-24-20-21(27-17)29(10-18(30)28-20)13-3-5-14(31-2)6-4-13/h7-9,11,13-14H,3-6,10H2,1-2H3,(H3,22,23,25)(H,24,28,30). The minimum Gasteiger partial charge on any atom is -0.382 e. The van der Waals surface area contributed by atoms with Gasteiger partial charge in [-0.3, -0.25) is 10.2 Å². The molecule has 31 heavy (non-hydrogen) atoms. The Hall–Kier alpha value is -3.40. The molecule has 0 spiro atoms. The summed E-state index contributed by atoms with van der Waals surface area (Å²) in [5.74, 6) is 1.28. The predicted molar refractivity (Wildman–Crippen MR) is 119 cm³/mol. The number of carbonyl (C=O) groups excluding carboxylic acids is 1. The van der Waals surface area contributed by atoms with Gasteiger partial charge in [0.2, 0.25) is 5.91 Å². The number of aryl methyl sites for hydroxylation is 1. The van der Waals surface area contributed by atoms with Gasteiger partial charge in [-0.1, -0.05) is 0 Å². The molecule has 1 aliphatic heterocycles. The highest BCUT2D eigenvalue weighted by Gasteiger charge is 2.33. The van der Waals surface area contributed by atoms with E-state index < -0.39 is 0 Å². The SMILES string of the molecule is COC1CCC(N2CC(=O)Nc3ncc(-c4ccc(C(N)=NC=N)nc4C)nc32)CC1. The van der Waals surface area contributed by atoms with E-state index in [0.717, 1.165) is 43.3 Å². The van der Waals surface area contributed by atoms with Crippen LogP contribution in [-0.4, -0.2) is 58.8 Å². The lowest BCUT2D eigenvalue weighted by Crippen LogP contribution is -2.47. The van der Waals surface area contributed by atoms with E-state index in [1.165, 1.54) is 0 Å². The number of ether oxygens (including phenoxy) is 1. The maximum Gasteiger partial charge on any atom is 0.245 e. The number of nitrogens with one attached hydrogen (secondary N) is 2. The van der Waals surface area contributed by atoms with Crippen molar-refractivity contribution in [1.82, 2.24) is 15.0 Å². The second-order valence-electron chi connectivity index (χ2n) is 7.74. The molecule has 10 nitrogen and oxygen atoms in total. The number of aliphatic imine (C=N–C) groups is 1. The van der Waals surface area contributed by atoms with Crippen LogP contribution in [0, 0.1) is 12.3 Å². The van der Waals surface area contributed by atoms with E-state index in [1.54, 1.807) is 19.4 Å². The van der Waals surface area contributed by atoms with Gasteiger partial charge in [-0.05, 0) is 44.7 Å². The highest BCUT2D eigenvalue weighted by atomic mass is 16.5. The van der Waals surface area contributed by atoms with Crippen molar-refractivity contribution < 1.29 is 9.53 Å². The molecule has 2 aromatic rings. The van der Waals surface area contributed by atoms with Crippen molar-refractivity contribution in [2.24, 2.45) is 10.7 Å². The summed E-state index contributed by atoms with van der Waals surface area (Å²) in [6.45, 7) is 2.13. The number of anilines is 2. The number of carbonyl (C=O) groups is 1. The Morgan fingerprint density at radius 1 is 1.32 bits per heavy atom. The number of nitrogens with two attached hydrogens (primary N) is 1. The topological polar surface area (TPSA) is 142 Å². The first-order chi connectivity index (χ1) is 15.0. The van der Waals surface area contributed by atoms with Crippen molar-refractivity contribution in [3.63, 3.8) is 0 Å². The number of fused-ring (bicyclic) bond motifs is 1. The van der Waals surface area contributed by atoms with Crippen molar-refractivity contribution in [3.05, 3.63) is 29.7 Å². The van der Waals surface area contributed by atoms with Gasteiger partial charge in [-0.2, -0.15) is 0 Å². The van der Waals surface area contributed by atoms with Crippen LogP contribution in [0.1, 0.15) is 37.1 Å². The van der Waals surface area contributed by atoms with Crippen molar-refractivity contribution in [2.45, 2.75) is 44.8 Å². The zero-order valence-electron chi connectivity index (χ0n) is 17.6. The van der Waals surface area contributed by atoms with Gasteiger partial charge in [0.15, 0.2) is 17.5 Å². The summed E-state index contributed by atoms with van der Waals surface area (Å²) >= 11 is 0. The number of hydrogen-bond acceptors (Lipinski definition) is 7. The highest BCUT2D eigenvalue weighted by Crippen LogP contribution is 2.34. The maximum atomic E-state index is 12.3. The van der Waals surface area contributed by atoms with Gasteiger partial charge in [0.25, 0.3) is 0 Å². The monoisotopic (exact) mass is 422 g/mol. The van der Waals surface area contributed by atoms with Crippen LogP contribution >= 0.6 is 0 Å². The fourth-order valence-corrected chi connectivity index (χ4v) is 4.20. The molecule has 4 N–H and O–H groups in total. The van der Waals surface area contributed by atoms with E-state index in [2.05, 4.69) is 25.2 Å². The van der Waals surface area contributed by atoms with E-state index in [0.29, 0.717) is 23.0 Å². The molecule has 3 heterocycles. The summed E-state index contributed by atoms with van der Waals surface area (Å²) in [5, 5.41) is 9.89. The van der Waals surface area contributed by atoms with Gasteiger partial charge in [-0.25, -0.2) is 19.9 Å². The molecule has 1 fully saturated rings. The number of nitrogens with zero attached hydrogens (tertiary/aromatic N) is 5. The number of rotatable bonds is 5. The van der Waals surface area contributed by atoms with Crippen LogP contribution < -0.4 is 16.0 Å². The van der Waals surface area contributed by atoms with Crippen molar-refractivity contribution in [2.75, 3.05) is 23.9 Å². The minimum atomic E-state index is -0.0772. The van der Waals surface area contributed by atoms with Crippen LogP contribution in [0.2, 0.25) is 0 Å². The molecular weight excluding hydrogens is 396 g/mol. The molecule has 0 saturated heterocycles. The van der Waals surface area contributed by atoms with Crippen LogP contribution in [0.25, 0.3) is 11.3 Å². The fourth-order valence-electron chi connectivity index (χ4n) is 4.20. The molecule has 4 rings (SSSR count). The first kappa shape index (κ1) is 20.9. The van der Waals surface area contributed by atoms with Crippen LogP contribution in [0.5, 0.6) is 0 Å². The summed E-state index contributed by atoms with van der Waals surface area (Å²) in [5.41, 5.74) is 8.56. The number of amides is 1. The lowest BCUT2D eigenvalue weighted by atomic mass is 9.91. The molecule has 1 saturated carbocycles. The Kier molecular flexibility index (Phi) is 5.90. The molecule has 10 heteroatoms. The van der Waals surface area contributed by atoms with Crippen molar-refractivity contribution in [1.29, 1.82) is 5.41 Å². The summed E-state index contributed by atoms with van der Waals surface area (Å²) in [4.78, 5) is 32.0. The second-order valence-corrected chi connectivity index (χ2v) is 7.74. The molecule has 2 aromatic heterocycles. The summed E-state index contributed by atoms with van der Waals surface area (Å²) < 4.78 is 5.49. The lowest BCUT2D eigenvalue weighted by Gasteiger charge is -2.39. The third-order valence-electron chi connectivity index (χ3n) is 5.84. The maximum absolute atomic E-state index is 12.3. The van der Waals surface area contributed by atoms with E-state index in [1.807, 2.05) is 13.0 Å². The number of pyridine rings is 1. The quantitative estimate of drug-likeness (QED) is 0.493. The molecule has 0 aromatic carbocycles. The molecule has 0 unspecified atom stereocenters. The van der Waals surface area contributed by atoms with E-state index in [9.17, 15) is 4.79 Å². The highest BCUT2D eigenvalue weighted by molar-refractivity contribution is 6.00. The van der Waals surface area contributed by atoms with Gasteiger partial charge >= 0.3 is 0 Å². The van der Waals surface area contributed by atoms with Gasteiger partial charge in [0.1, 0.15) is 12.0 Å². The molecule has 2 aliphatic rings.